The van der Waals surface area contributed by atoms with Gasteiger partial charge in [0.15, 0.2) is 0 Å². The fraction of sp³-hybridized carbons (Fsp3) is 0.429. The highest BCUT2D eigenvalue weighted by molar-refractivity contribution is 5.14. The Morgan fingerprint density at radius 1 is 1.50 bits per heavy atom. The Labute approximate surface area is 60.8 Å². The van der Waals surface area contributed by atoms with E-state index in [1.165, 1.54) is 0 Å². The molecule has 0 spiro atoms. The number of hydrogen-bond donors (Lipinski definition) is 2. The van der Waals surface area contributed by atoms with E-state index < -0.39 is 5.85 Å². The van der Waals surface area contributed by atoms with Crippen molar-refractivity contribution in [3.05, 3.63) is 24.4 Å². The molecule has 0 aromatic rings. The lowest BCUT2D eigenvalue weighted by Gasteiger charge is -2.30. The average Bonchev–Trinajstić information content (AvgIpc) is 2.06. The summed E-state index contributed by atoms with van der Waals surface area (Å²) in [6, 6.07) is 0. The third-order valence-electron chi connectivity index (χ3n) is 1.53. The minimum atomic E-state index is -0.505. The van der Waals surface area contributed by atoms with Gasteiger partial charge >= 0.3 is 0 Å². The summed E-state index contributed by atoms with van der Waals surface area (Å²) < 4.78 is 5.17. The first-order valence-corrected chi connectivity index (χ1v) is 3.19. The van der Waals surface area contributed by atoms with Gasteiger partial charge in [0, 0.05) is 13.3 Å². The van der Waals surface area contributed by atoms with Gasteiger partial charge in [-0.3, -0.25) is 5.32 Å². The summed E-state index contributed by atoms with van der Waals surface area (Å²) in [6.07, 6.45) is 7.58. The number of ether oxygens (including phenoxy) is 1. The molecule has 10 heavy (non-hydrogen) atoms. The molecule has 0 saturated carbocycles. The van der Waals surface area contributed by atoms with Crippen LogP contribution in [0.4, 0.5) is 0 Å². The first-order chi connectivity index (χ1) is 4.83. The summed E-state index contributed by atoms with van der Waals surface area (Å²) in [6.45, 7) is 0. The molecule has 2 N–H and O–H groups in total. The molecule has 0 aromatic carbocycles. The van der Waals surface area contributed by atoms with Crippen LogP contribution in [0.5, 0.6) is 0 Å². The van der Waals surface area contributed by atoms with Crippen LogP contribution in [0, 0.1) is 0 Å². The lowest BCUT2D eigenvalue weighted by molar-refractivity contribution is -0.00981. The van der Waals surface area contributed by atoms with Crippen molar-refractivity contribution in [2.75, 3.05) is 14.2 Å². The van der Waals surface area contributed by atoms with Crippen molar-refractivity contribution in [1.82, 2.24) is 10.6 Å². The van der Waals surface area contributed by atoms with Crippen molar-refractivity contribution in [2.45, 2.75) is 5.85 Å². The SMILES string of the molecule is CNC1(OC)C=CC=CN1. The molecule has 0 aliphatic carbocycles. The summed E-state index contributed by atoms with van der Waals surface area (Å²) in [5.74, 6) is -0.505. The predicted octanol–water partition coefficient (Wildman–Crippen LogP) is 0.179. The molecule has 1 aliphatic heterocycles. The summed E-state index contributed by atoms with van der Waals surface area (Å²) in [7, 11) is 3.48. The molecule has 1 rings (SSSR count). The van der Waals surface area contributed by atoms with E-state index in [0.717, 1.165) is 0 Å². The predicted molar refractivity (Wildman–Crippen MR) is 40.2 cm³/mol. The molecule has 1 aliphatic rings. The maximum absolute atomic E-state index is 5.17. The minimum Gasteiger partial charge on any atom is -0.348 e. The topological polar surface area (TPSA) is 33.3 Å². The number of dihydropyridines is 1. The smallest absolute Gasteiger partial charge is 0.215 e. The highest BCUT2D eigenvalue weighted by Crippen LogP contribution is 2.05. The van der Waals surface area contributed by atoms with Crippen LogP contribution in [0.3, 0.4) is 0 Å². The normalized spacial score (nSPS) is 30.2. The summed E-state index contributed by atoms with van der Waals surface area (Å²) in [5, 5.41) is 6.03. The van der Waals surface area contributed by atoms with Crippen LogP contribution in [0.25, 0.3) is 0 Å². The van der Waals surface area contributed by atoms with E-state index in [1.807, 2.05) is 31.5 Å². The Kier molecular flexibility index (Phi) is 2.09. The number of allylic oxidation sites excluding steroid dienone is 2. The molecule has 0 aromatic heterocycles. The molecule has 0 radical (unpaired) electrons. The molecule has 0 amide bonds. The lowest BCUT2D eigenvalue weighted by atomic mass is 10.3. The van der Waals surface area contributed by atoms with Crippen LogP contribution >= 0.6 is 0 Å². The van der Waals surface area contributed by atoms with Gasteiger partial charge < -0.3 is 10.1 Å². The van der Waals surface area contributed by atoms with Gasteiger partial charge in [-0.15, -0.1) is 0 Å². The van der Waals surface area contributed by atoms with Gasteiger partial charge in [0.05, 0.1) is 0 Å². The second kappa shape index (κ2) is 2.86. The van der Waals surface area contributed by atoms with Crippen molar-refractivity contribution in [3.8, 4) is 0 Å². The maximum atomic E-state index is 5.17. The molecule has 56 valence electrons. The standard InChI is InChI=1S/C7H12N2O/c1-8-7(10-2)5-3-4-6-9-7/h3-6,8-9H,1-2H3. The van der Waals surface area contributed by atoms with Crippen molar-refractivity contribution in [2.24, 2.45) is 0 Å². The highest BCUT2D eigenvalue weighted by Gasteiger charge is 2.22. The maximum Gasteiger partial charge on any atom is 0.215 e. The van der Waals surface area contributed by atoms with Crippen LogP contribution in [-0.2, 0) is 4.74 Å². The molecular weight excluding hydrogens is 128 g/mol. The fourth-order valence-electron chi connectivity index (χ4n) is 0.851. The Morgan fingerprint density at radius 2 is 2.30 bits per heavy atom. The number of likely N-dealkylation sites (N-methyl/N-ethyl adjacent to an activating group) is 1. The quantitative estimate of drug-likeness (QED) is 0.537. The van der Waals surface area contributed by atoms with E-state index in [4.69, 9.17) is 4.74 Å². The largest absolute Gasteiger partial charge is 0.348 e. The van der Waals surface area contributed by atoms with Crippen LogP contribution in [0.1, 0.15) is 0 Å². The van der Waals surface area contributed by atoms with Crippen molar-refractivity contribution in [1.29, 1.82) is 0 Å². The summed E-state index contributed by atoms with van der Waals surface area (Å²) in [5.41, 5.74) is 0. The first kappa shape index (κ1) is 7.31. The fourth-order valence-corrected chi connectivity index (χ4v) is 0.851. The zero-order valence-corrected chi connectivity index (χ0v) is 6.22. The molecule has 0 saturated heterocycles. The number of hydrogen-bond acceptors (Lipinski definition) is 3. The molecule has 1 atom stereocenters. The van der Waals surface area contributed by atoms with Crippen molar-refractivity contribution >= 4 is 0 Å². The van der Waals surface area contributed by atoms with E-state index >= 15 is 0 Å². The number of methoxy groups -OCH3 is 1. The van der Waals surface area contributed by atoms with Gasteiger partial charge in [0.1, 0.15) is 0 Å². The molecule has 3 nitrogen and oxygen atoms in total. The number of nitrogens with one attached hydrogen (secondary N) is 2. The molecule has 1 heterocycles. The average molecular weight is 140 g/mol. The molecule has 1 unspecified atom stereocenters. The van der Waals surface area contributed by atoms with Gasteiger partial charge in [0.2, 0.25) is 5.85 Å². The zero-order valence-electron chi connectivity index (χ0n) is 6.22. The van der Waals surface area contributed by atoms with Gasteiger partial charge in [0.25, 0.3) is 0 Å². The molecule has 3 heteroatoms. The molecular formula is C7H12N2O. The van der Waals surface area contributed by atoms with Crippen LogP contribution in [0.2, 0.25) is 0 Å². The Hall–Kier alpha value is -0.800. The molecule has 0 bridgehead atoms. The van der Waals surface area contributed by atoms with Gasteiger partial charge in [-0.05, 0) is 19.2 Å². The third-order valence-corrected chi connectivity index (χ3v) is 1.53. The Balaban J connectivity index is 2.66. The van der Waals surface area contributed by atoms with Crippen LogP contribution < -0.4 is 10.6 Å². The second-order valence-corrected chi connectivity index (χ2v) is 2.05. The Bertz CT molecular complexity index is 159. The first-order valence-electron chi connectivity index (χ1n) is 3.19. The third kappa shape index (κ3) is 1.20. The zero-order chi connectivity index (χ0) is 7.45. The van der Waals surface area contributed by atoms with Gasteiger partial charge in [-0.1, -0.05) is 6.08 Å². The Morgan fingerprint density at radius 3 is 2.60 bits per heavy atom. The van der Waals surface area contributed by atoms with E-state index in [2.05, 4.69) is 10.6 Å². The summed E-state index contributed by atoms with van der Waals surface area (Å²) in [4.78, 5) is 0. The number of rotatable bonds is 2. The van der Waals surface area contributed by atoms with E-state index in [9.17, 15) is 0 Å². The van der Waals surface area contributed by atoms with Gasteiger partial charge in [-0.25, -0.2) is 0 Å². The second-order valence-electron chi connectivity index (χ2n) is 2.05. The highest BCUT2D eigenvalue weighted by atomic mass is 16.5. The van der Waals surface area contributed by atoms with Crippen LogP contribution in [0.15, 0.2) is 24.4 Å². The van der Waals surface area contributed by atoms with Gasteiger partial charge in [-0.2, -0.15) is 0 Å². The molecule has 0 fully saturated rings. The van der Waals surface area contributed by atoms with E-state index in [0.29, 0.717) is 0 Å². The van der Waals surface area contributed by atoms with Crippen molar-refractivity contribution in [3.63, 3.8) is 0 Å². The van der Waals surface area contributed by atoms with Crippen LogP contribution in [-0.4, -0.2) is 20.0 Å². The monoisotopic (exact) mass is 140 g/mol. The summed E-state index contributed by atoms with van der Waals surface area (Å²) >= 11 is 0. The lowest BCUT2D eigenvalue weighted by Crippen LogP contribution is -2.54. The van der Waals surface area contributed by atoms with E-state index in [-0.39, 0.29) is 0 Å². The van der Waals surface area contributed by atoms with Crippen molar-refractivity contribution < 1.29 is 4.74 Å². The van der Waals surface area contributed by atoms with E-state index in [1.54, 1.807) is 7.11 Å². The minimum absolute atomic E-state index is 0.505.